The minimum Gasteiger partial charge on any atom is -0.456 e. The highest BCUT2D eigenvalue weighted by Gasteiger charge is 2.46. The molecule has 1 heterocycles. The zero-order valence-corrected chi connectivity index (χ0v) is 31.2. The van der Waals surface area contributed by atoms with Crippen LogP contribution >= 0.6 is 0 Å². The maximum atomic E-state index is 6.36. The van der Waals surface area contributed by atoms with Crippen LogP contribution < -0.4 is 4.90 Å². The molecule has 0 saturated carbocycles. The van der Waals surface area contributed by atoms with Crippen molar-refractivity contribution in [1.82, 2.24) is 0 Å². The molecule has 268 valence electrons. The second kappa shape index (κ2) is 13.4. The summed E-state index contributed by atoms with van der Waals surface area (Å²) in [6.45, 7) is 0. The first-order valence-corrected chi connectivity index (χ1v) is 19.6. The Morgan fingerprint density at radius 1 is 0.316 bits per heavy atom. The van der Waals surface area contributed by atoms with E-state index in [9.17, 15) is 0 Å². The highest BCUT2D eigenvalue weighted by Crippen LogP contribution is 2.57. The molecule has 0 fully saturated rings. The van der Waals surface area contributed by atoms with Gasteiger partial charge in [0.15, 0.2) is 0 Å². The first kappa shape index (κ1) is 33.0. The summed E-state index contributed by atoms with van der Waals surface area (Å²) in [5.74, 6) is 0. The van der Waals surface area contributed by atoms with Gasteiger partial charge in [-0.15, -0.1) is 0 Å². The Kier molecular flexibility index (Phi) is 7.75. The lowest BCUT2D eigenvalue weighted by atomic mass is 9.67. The van der Waals surface area contributed by atoms with Crippen molar-refractivity contribution in [2.75, 3.05) is 4.90 Å². The Morgan fingerprint density at radius 2 is 0.825 bits per heavy atom. The van der Waals surface area contributed by atoms with Crippen LogP contribution in [-0.4, -0.2) is 0 Å². The van der Waals surface area contributed by atoms with Crippen molar-refractivity contribution < 1.29 is 4.42 Å². The highest BCUT2D eigenvalue weighted by atomic mass is 16.3. The quantitative estimate of drug-likeness (QED) is 0.163. The van der Waals surface area contributed by atoms with Crippen molar-refractivity contribution >= 4 is 39.0 Å². The van der Waals surface area contributed by atoms with Crippen molar-refractivity contribution in [1.29, 1.82) is 0 Å². The van der Waals surface area contributed by atoms with E-state index in [1.54, 1.807) is 0 Å². The normalized spacial score (nSPS) is 14.4. The molecule has 2 nitrogen and oxygen atoms in total. The topological polar surface area (TPSA) is 16.4 Å². The van der Waals surface area contributed by atoms with E-state index in [0.29, 0.717) is 0 Å². The molecule has 1 unspecified atom stereocenters. The number of rotatable bonds is 7. The summed E-state index contributed by atoms with van der Waals surface area (Å²) in [6.07, 6.45) is 0. The average Bonchev–Trinajstić information content (AvgIpc) is 3.81. The van der Waals surface area contributed by atoms with Crippen LogP contribution in [0.2, 0.25) is 0 Å². The van der Waals surface area contributed by atoms with E-state index in [1.807, 2.05) is 6.07 Å². The van der Waals surface area contributed by atoms with Gasteiger partial charge >= 0.3 is 0 Å². The van der Waals surface area contributed by atoms with E-state index in [1.165, 1.54) is 55.6 Å². The minimum absolute atomic E-state index is 0.588. The molecule has 0 spiro atoms. The van der Waals surface area contributed by atoms with Crippen LogP contribution in [0.4, 0.5) is 17.1 Å². The van der Waals surface area contributed by atoms with E-state index < -0.39 is 5.41 Å². The van der Waals surface area contributed by atoms with Crippen LogP contribution in [0.25, 0.3) is 55.3 Å². The van der Waals surface area contributed by atoms with Crippen molar-refractivity contribution in [2.45, 2.75) is 5.41 Å². The van der Waals surface area contributed by atoms with Crippen LogP contribution in [-0.2, 0) is 5.41 Å². The largest absolute Gasteiger partial charge is 0.456 e. The van der Waals surface area contributed by atoms with Crippen molar-refractivity contribution in [3.63, 3.8) is 0 Å². The molecular weight excluding hydrogens is 691 g/mol. The summed E-state index contributed by atoms with van der Waals surface area (Å²) < 4.78 is 6.36. The van der Waals surface area contributed by atoms with Gasteiger partial charge in [-0.05, 0) is 110 Å². The fourth-order valence-corrected chi connectivity index (χ4v) is 9.16. The van der Waals surface area contributed by atoms with Crippen molar-refractivity contribution in [2.24, 2.45) is 0 Å². The molecule has 1 aliphatic carbocycles. The highest BCUT2D eigenvalue weighted by molar-refractivity contribution is 6.05. The van der Waals surface area contributed by atoms with Crippen LogP contribution in [0.15, 0.2) is 229 Å². The van der Waals surface area contributed by atoms with Gasteiger partial charge in [0.25, 0.3) is 0 Å². The molecule has 1 atom stereocenters. The van der Waals surface area contributed by atoms with Gasteiger partial charge in [-0.1, -0.05) is 170 Å². The molecule has 0 aliphatic heterocycles. The zero-order valence-electron chi connectivity index (χ0n) is 31.2. The molecule has 1 aromatic heterocycles. The van der Waals surface area contributed by atoms with E-state index >= 15 is 0 Å². The summed E-state index contributed by atoms with van der Waals surface area (Å²) in [4.78, 5) is 2.40. The van der Waals surface area contributed by atoms with E-state index in [4.69, 9.17) is 4.42 Å². The summed E-state index contributed by atoms with van der Waals surface area (Å²) in [6, 6.07) is 81.3. The fourth-order valence-electron chi connectivity index (χ4n) is 9.16. The SMILES string of the molecule is c1ccc(-c2ccc(N(c3ccc(-c4ccccc4)cc3)c3ccc4c(c3)C(c3ccccc3)(c3ccc5oc6ccccc6c5c3)c3ccccc3-4)cc2)cc1. The third-order valence-electron chi connectivity index (χ3n) is 11.8. The molecule has 0 N–H and O–H groups in total. The number of hydrogen-bond donors (Lipinski definition) is 0. The molecule has 9 aromatic carbocycles. The zero-order chi connectivity index (χ0) is 37.8. The summed E-state index contributed by atoms with van der Waals surface area (Å²) in [5, 5.41) is 2.25. The van der Waals surface area contributed by atoms with Gasteiger partial charge in [-0.3, -0.25) is 0 Å². The number of para-hydroxylation sites is 1. The second-order valence-electron chi connectivity index (χ2n) is 14.9. The molecule has 0 radical (unpaired) electrons. The van der Waals surface area contributed by atoms with E-state index in [2.05, 4.69) is 223 Å². The summed E-state index contributed by atoms with van der Waals surface area (Å²) >= 11 is 0. The lowest BCUT2D eigenvalue weighted by Crippen LogP contribution is -2.28. The molecule has 10 aromatic rings. The Bertz CT molecular complexity index is 2960. The maximum absolute atomic E-state index is 6.36. The number of furan rings is 1. The molecule has 1 aliphatic rings. The number of hydrogen-bond acceptors (Lipinski definition) is 2. The van der Waals surface area contributed by atoms with Gasteiger partial charge in [0.05, 0.1) is 5.41 Å². The Balaban J connectivity index is 1.14. The van der Waals surface area contributed by atoms with Gasteiger partial charge in [0, 0.05) is 27.8 Å². The van der Waals surface area contributed by atoms with Crippen LogP contribution in [0, 0.1) is 0 Å². The van der Waals surface area contributed by atoms with Crippen LogP contribution in [0.5, 0.6) is 0 Å². The predicted octanol–water partition coefficient (Wildman–Crippen LogP) is 14.8. The average molecular weight is 728 g/mol. The van der Waals surface area contributed by atoms with E-state index in [-0.39, 0.29) is 0 Å². The van der Waals surface area contributed by atoms with Crippen LogP contribution in [0.1, 0.15) is 22.3 Å². The number of benzene rings is 9. The van der Waals surface area contributed by atoms with Crippen molar-refractivity contribution in [3.8, 4) is 33.4 Å². The third kappa shape index (κ3) is 5.33. The summed E-state index contributed by atoms with van der Waals surface area (Å²) in [5.41, 5.74) is 16.7. The molecule has 0 bridgehead atoms. The smallest absolute Gasteiger partial charge is 0.135 e. The lowest BCUT2D eigenvalue weighted by Gasteiger charge is -2.35. The molecule has 57 heavy (non-hydrogen) atoms. The minimum atomic E-state index is -0.588. The lowest BCUT2D eigenvalue weighted by molar-refractivity contribution is 0.668. The van der Waals surface area contributed by atoms with Gasteiger partial charge in [-0.2, -0.15) is 0 Å². The third-order valence-corrected chi connectivity index (χ3v) is 11.8. The molecule has 0 saturated heterocycles. The van der Waals surface area contributed by atoms with Gasteiger partial charge in [-0.25, -0.2) is 0 Å². The molecule has 11 rings (SSSR count). The predicted molar refractivity (Wildman–Crippen MR) is 237 cm³/mol. The van der Waals surface area contributed by atoms with Gasteiger partial charge < -0.3 is 9.32 Å². The number of fused-ring (bicyclic) bond motifs is 6. The second-order valence-corrected chi connectivity index (χ2v) is 14.9. The van der Waals surface area contributed by atoms with Crippen molar-refractivity contribution in [3.05, 3.63) is 247 Å². The van der Waals surface area contributed by atoms with E-state index in [0.717, 1.165) is 39.0 Å². The molecular formula is C55H37NO. The molecule has 2 heteroatoms. The number of nitrogens with zero attached hydrogens (tertiary/aromatic N) is 1. The summed E-state index contributed by atoms with van der Waals surface area (Å²) in [7, 11) is 0. The first-order valence-electron chi connectivity index (χ1n) is 19.6. The Morgan fingerprint density at radius 3 is 1.49 bits per heavy atom. The van der Waals surface area contributed by atoms with Gasteiger partial charge in [0.2, 0.25) is 0 Å². The Labute approximate surface area is 332 Å². The van der Waals surface area contributed by atoms with Crippen LogP contribution in [0.3, 0.4) is 0 Å². The first-order chi connectivity index (χ1) is 28.3. The Hall–Kier alpha value is -7.42. The number of anilines is 3. The standard InChI is InChI=1S/C55H37NO/c1-4-14-38(15-5-1)40-24-29-44(30-25-40)56(45-31-26-41(27-32-45)39-16-6-2-7-17-39)46-33-34-48-47-20-10-12-22-51(47)55(52(48)37-46,42-18-8-3-9-19-42)43-28-35-54-50(36-43)49-21-11-13-23-53(49)57-54/h1-37H. The molecule has 0 amide bonds. The monoisotopic (exact) mass is 727 g/mol. The van der Waals surface area contributed by atoms with Gasteiger partial charge in [0.1, 0.15) is 11.2 Å². The fraction of sp³-hybridized carbons (Fsp3) is 0.0182. The maximum Gasteiger partial charge on any atom is 0.135 e.